The third kappa shape index (κ3) is 8.24. The number of carbonyl (C=O) groups excluding carboxylic acids is 1. The number of hydrogen-bond donors (Lipinski definition) is 1. The van der Waals surface area contributed by atoms with Gasteiger partial charge in [-0.15, -0.1) is 0 Å². The van der Waals surface area contributed by atoms with Crippen molar-refractivity contribution in [3.8, 4) is 0 Å². The Hall–Kier alpha value is -1.06. The van der Waals surface area contributed by atoms with Gasteiger partial charge in [0.2, 0.25) is 0 Å². The van der Waals surface area contributed by atoms with Crippen molar-refractivity contribution >= 4 is 11.8 Å². The van der Waals surface area contributed by atoms with E-state index in [0.29, 0.717) is 12.6 Å². The molecule has 0 amide bonds. The molecule has 0 saturated carbocycles. The van der Waals surface area contributed by atoms with Crippen molar-refractivity contribution in [3.63, 3.8) is 0 Å². The highest BCUT2D eigenvalue weighted by Gasteiger charge is 2.30. The number of aliphatic imine (C=N–C) groups is 1. The molecule has 1 heterocycles. The summed E-state index contributed by atoms with van der Waals surface area (Å²) in [5, 5.41) is 3.56. The maximum absolute atomic E-state index is 11.8. The first kappa shape index (κ1) is 22.0. The molecule has 4 nitrogen and oxygen atoms in total. The molecule has 4 heteroatoms. The van der Waals surface area contributed by atoms with Crippen LogP contribution in [0.2, 0.25) is 0 Å². The third-order valence-electron chi connectivity index (χ3n) is 4.92. The first-order valence-corrected chi connectivity index (χ1v) is 10.2. The molecule has 1 unspecified atom stereocenters. The second kappa shape index (κ2) is 10.2. The summed E-state index contributed by atoms with van der Waals surface area (Å²) < 4.78 is 5.37. The lowest BCUT2D eigenvalue weighted by molar-refractivity contribution is -0.153. The Labute approximate surface area is 155 Å². The largest absolute Gasteiger partial charge is 0.465 e. The lowest BCUT2D eigenvalue weighted by Crippen LogP contribution is -2.39. The molecular weight excluding hydrogens is 312 g/mol. The standard InChI is InChI=1S/C21H40N2O2/c1-7-8-9-10-11-12-14-21(5,6)18-22-16-17(23-18)13-15-25-19(24)20(2,3)4/h17H,7-16H2,1-6H3,(H,22,23). The van der Waals surface area contributed by atoms with Crippen LogP contribution in [-0.4, -0.2) is 31.0 Å². The smallest absolute Gasteiger partial charge is 0.311 e. The molecule has 0 aromatic heterocycles. The Morgan fingerprint density at radius 3 is 2.40 bits per heavy atom. The van der Waals surface area contributed by atoms with Gasteiger partial charge in [-0.3, -0.25) is 9.79 Å². The third-order valence-corrected chi connectivity index (χ3v) is 4.92. The van der Waals surface area contributed by atoms with Gasteiger partial charge in [-0.25, -0.2) is 0 Å². The molecule has 25 heavy (non-hydrogen) atoms. The Morgan fingerprint density at radius 1 is 1.12 bits per heavy atom. The molecule has 146 valence electrons. The molecule has 0 spiro atoms. The van der Waals surface area contributed by atoms with Crippen LogP contribution in [0.4, 0.5) is 0 Å². The summed E-state index contributed by atoms with van der Waals surface area (Å²) in [6.07, 6.45) is 9.97. The van der Waals surface area contributed by atoms with Gasteiger partial charge in [-0.05, 0) is 27.2 Å². The second-order valence-corrected chi connectivity index (χ2v) is 9.11. The van der Waals surface area contributed by atoms with E-state index in [1.807, 2.05) is 20.8 Å². The fourth-order valence-corrected chi connectivity index (χ4v) is 3.04. The number of amidine groups is 1. The van der Waals surface area contributed by atoms with Crippen LogP contribution in [0.1, 0.15) is 92.9 Å². The molecule has 0 saturated heterocycles. The molecule has 0 aromatic carbocycles. The van der Waals surface area contributed by atoms with Gasteiger partial charge in [0, 0.05) is 11.8 Å². The molecule has 0 aromatic rings. The maximum atomic E-state index is 11.8. The number of ether oxygens (including phenoxy) is 1. The zero-order valence-corrected chi connectivity index (χ0v) is 17.4. The van der Waals surface area contributed by atoms with Gasteiger partial charge in [-0.1, -0.05) is 59.3 Å². The van der Waals surface area contributed by atoms with Crippen LogP contribution in [0, 0.1) is 10.8 Å². The van der Waals surface area contributed by atoms with Crippen molar-refractivity contribution in [2.24, 2.45) is 15.8 Å². The highest BCUT2D eigenvalue weighted by Crippen LogP contribution is 2.27. The predicted octanol–water partition coefficient (Wildman–Crippen LogP) is 5.11. The molecule has 1 aliphatic heterocycles. The summed E-state index contributed by atoms with van der Waals surface area (Å²) in [7, 11) is 0. The second-order valence-electron chi connectivity index (χ2n) is 9.11. The van der Waals surface area contributed by atoms with Crippen LogP contribution < -0.4 is 5.32 Å². The van der Waals surface area contributed by atoms with Gasteiger partial charge >= 0.3 is 5.97 Å². The van der Waals surface area contributed by atoms with Crippen molar-refractivity contribution in [2.75, 3.05) is 13.2 Å². The number of nitrogens with one attached hydrogen (secondary N) is 1. The van der Waals surface area contributed by atoms with E-state index in [4.69, 9.17) is 9.73 Å². The maximum Gasteiger partial charge on any atom is 0.311 e. The molecule has 0 radical (unpaired) electrons. The highest BCUT2D eigenvalue weighted by atomic mass is 16.5. The van der Waals surface area contributed by atoms with Crippen LogP contribution in [-0.2, 0) is 9.53 Å². The van der Waals surface area contributed by atoms with Gasteiger partial charge in [0.1, 0.15) is 5.84 Å². The number of carbonyl (C=O) groups is 1. The molecule has 1 N–H and O–H groups in total. The van der Waals surface area contributed by atoms with Gasteiger partial charge < -0.3 is 10.1 Å². The van der Waals surface area contributed by atoms with Crippen LogP contribution in [0.25, 0.3) is 0 Å². The Morgan fingerprint density at radius 2 is 1.76 bits per heavy atom. The molecule has 1 atom stereocenters. The number of esters is 1. The van der Waals surface area contributed by atoms with Crippen LogP contribution in [0.3, 0.4) is 0 Å². The quantitative estimate of drug-likeness (QED) is 0.415. The number of rotatable bonds is 11. The van der Waals surface area contributed by atoms with E-state index in [9.17, 15) is 4.79 Å². The average molecular weight is 353 g/mol. The minimum atomic E-state index is -0.427. The summed E-state index contributed by atoms with van der Waals surface area (Å²) in [6.45, 7) is 13.7. The number of hydrogen-bond acceptors (Lipinski definition) is 4. The van der Waals surface area contributed by atoms with Crippen LogP contribution in [0.15, 0.2) is 4.99 Å². The Kier molecular flexibility index (Phi) is 8.95. The Balaban J connectivity index is 2.24. The minimum Gasteiger partial charge on any atom is -0.465 e. The fraction of sp³-hybridized carbons (Fsp3) is 0.905. The minimum absolute atomic E-state index is 0.113. The van der Waals surface area contributed by atoms with Gasteiger partial charge in [-0.2, -0.15) is 0 Å². The zero-order valence-electron chi connectivity index (χ0n) is 17.4. The molecule has 1 aliphatic rings. The number of nitrogens with zero attached hydrogens (tertiary/aromatic N) is 1. The molecular formula is C21H40N2O2. The van der Waals surface area contributed by atoms with Gasteiger partial charge in [0.15, 0.2) is 0 Å². The Bertz CT molecular complexity index is 436. The predicted molar refractivity (Wildman–Crippen MR) is 106 cm³/mol. The normalized spacial score (nSPS) is 18.0. The SMILES string of the molecule is CCCCCCCCC(C)(C)C1=NCC(CCOC(=O)C(C)(C)C)N1. The molecule has 0 bridgehead atoms. The molecule has 1 rings (SSSR count). The van der Waals surface area contributed by atoms with E-state index in [1.54, 1.807) is 0 Å². The first-order chi connectivity index (χ1) is 11.7. The monoisotopic (exact) mass is 352 g/mol. The van der Waals surface area contributed by atoms with Crippen molar-refractivity contribution in [1.82, 2.24) is 5.32 Å². The average Bonchev–Trinajstić information content (AvgIpc) is 2.99. The van der Waals surface area contributed by atoms with Crippen molar-refractivity contribution < 1.29 is 9.53 Å². The van der Waals surface area contributed by atoms with E-state index >= 15 is 0 Å². The topological polar surface area (TPSA) is 50.7 Å². The van der Waals surface area contributed by atoms with E-state index in [2.05, 4.69) is 26.1 Å². The first-order valence-electron chi connectivity index (χ1n) is 10.2. The summed E-state index contributed by atoms with van der Waals surface area (Å²) >= 11 is 0. The van der Waals surface area contributed by atoms with Crippen molar-refractivity contribution in [1.29, 1.82) is 0 Å². The van der Waals surface area contributed by atoms with E-state index in [1.165, 1.54) is 44.9 Å². The fourth-order valence-electron chi connectivity index (χ4n) is 3.04. The summed E-state index contributed by atoms with van der Waals surface area (Å²) in [5.74, 6) is 1.00. The molecule has 0 aliphatic carbocycles. The van der Waals surface area contributed by atoms with E-state index < -0.39 is 5.41 Å². The summed E-state index contributed by atoms with van der Waals surface area (Å²) in [6, 6.07) is 0.298. The lowest BCUT2D eigenvalue weighted by atomic mass is 9.85. The van der Waals surface area contributed by atoms with E-state index in [-0.39, 0.29) is 11.4 Å². The molecule has 0 fully saturated rings. The van der Waals surface area contributed by atoms with Gasteiger partial charge in [0.05, 0.1) is 24.6 Å². The van der Waals surface area contributed by atoms with Crippen molar-refractivity contribution in [2.45, 2.75) is 99.0 Å². The van der Waals surface area contributed by atoms with Gasteiger partial charge in [0.25, 0.3) is 0 Å². The summed E-state index contributed by atoms with van der Waals surface area (Å²) in [5.41, 5.74) is -0.314. The lowest BCUT2D eigenvalue weighted by Gasteiger charge is -2.26. The van der Waals surface area contributed by atoms with Crippen LogP contribution >= 0.6 is 0 Å². The van der Waals surface area contributed by atoms with Crippen molar-refractivity contribution in [3.05, 3.63) is 0 Å². The number of unbranched alkanes of at least 4 members (excludes halogenated alkanes) is 5. The zero-order chi connectivity index (χ0) is 18.9. The summed E-state index contributed by atoms with van der Waals surface area (Å²) in [4.78, 5) is 16.5. The van der Waals surface area contributed by atoms with E-state index in [0.717, 1.165) is 18.8 Å². The highest BCUT2D eigenvalue weighted by molar-refractivity contribution is 5.89. The van der Waals surface area contributed by atoms with Crippen LogP contribution in [0.5, 0.6) is 0 Å².